The first-order valence-corrected chi connectivity index (χ1v) is 3.38. The van der Waals surface area contributed by atoms with E-state index in [1.165, 1.54) is 0 Å². The Morgan fingerprint density at radius 3 is 2.70 bits per heavy atom. The minimum atomic E-state index is -1.43. The molecule has 1 heterocycles. The fourth-order valence-corrected chi connectivity index (χ4v) is 1.04. The van der Waals surface area contributed by atoms with E-state index in [4.69, 9.17) is 14.8 Å². The topological polar surface area (TPSA) is 49.7 Å². The lowest BCUT2D eigenvalue weighted by atomic mass is 9.76. The largest absolute Gasteiger partial charge is 0.486 e. The summed E-state index contributed by atoms with van der Waals surface area (Å²) in [4.78, 5) is 0. The number of rotatable bonds is 2. The van der Waals surface area contributed by atoms with Gasteiger partial charge in [-0.25, -0.2) is 0 Å². The highest BCUT2D eigenvalue weighted by atomic mass is 16.5. The normalized spacial score (nSPS) is 24.8. The van der Waals surface area contributed by atoms with Gasteiger partial charge in [-0.1, -0.05) is 0 Å². The SMILES string of the molecule is C=C(B(O)O)C1CCCO1. The quantitative estimate of drug-likeness (QED) is 0.522. The van der Waals surface area contributed by atoms with Gasteiger partial charge in [0, 0.05) is 6.61 Å². The summed E-state index contributed by atoms with van der Waals surface area (Å²) in [6, 6.07) is 0. The Hall–Kier alpha value is -0.315. The third kappa shape index (κ3) is 1.59. The summed E-state index contributed by atoms with van der Waals surface area (Å²) in [5.41, 5.74) is 0.373. The molecule has 1 atom stereocenters. The molecule has 0 spiro atoms. The van der Waals surface area contributed by atoms with E-state index in [1.54, 1.807) is 0 Å². The zero-order chi connectivity index (χ0) is 7.56. The summed E-state index contributed by atoms with van der Waals surface area (Å²) < 4.78 is 5.16. The van der Waals surface area contributed by atoms with Crippen molar-refractivity contribution in [1.82, 2.24) is 0 Å². The highest BCUT2D eigenvalue weighted by molar-refractivity contribution is 6.50. The van der Waals surface area contributed by atoms with Gasteiger partial charge in [-0.05, 0) is 18.3 Å². The van der Waals surface area contributed by atoms with Gasteiger partial charge in [0.05, 0.1) is 6.10 Å². The molecule has 0 saturated carbocycles. The minimum absolute atomic E-state index is 0.139. The maximum Gasteiger partial charge on any atom is 0.486 e. The fourth-order valence-electron chi connectivity index (χ4n) is 1.04. The second-order valence-electron chi connectivity index (χ2n) is 2.45. The first-order valence-electron chi connectivity index (χ1n) is 3.38. The molecule has 0 aromatic rings. The Morgan fingerprint density at radius 2 is 2.30 bits per heavy atom. The first-order chi connectivity index (χ1) is 4.72. The first kappa shape index (κ1) is 7.79. The lowest BCUT2D eigenvalue weighted by Crippen LogP contribution is -2.24. The van der Waals surface area contributed by atoms with Gasteiger partial charge < -0.3 is 14.8 Å². The Balaban J connectivity index is 2.40. The lowest BCUT2D eigenvalue weighted by Gasteiger charge is -2.10. The summed E-state index contributed by atoms with van der Waals surface area (Å²) in [6.45, 7) is 4.22. The van der Waals surface area contributed by atoms with Crippen molar-refractivity contribution in [3.63, 3.8) is 0 Å². The van der Waals surface area contributed by atoms with E-state index in [2.05, 4.69) is 6.58 Å². The van der Waals surface area contributed by atoms with Crippen LogP contribution in [0.15, 0.2) is 12.1 Å². The van der Waals surface area contributed by atoms with E-state index in [0.29, 0.717) is 12.1 Å². The molecule has 10 heavy (non-hydrogen) atoms. The summed E-state index contributed by atoms with van der Waals surface area (Å²) >= 11 is 0. The summed E-state index contributed by atoms with van der Waals surface area (Å²) in [6.07, 6.45) is 1.70. The molecule has 1 rings (SSSR count). The van der Waals surface area contributed by atoms with Crippen LogP contribution in [0.25, 0.3) is 0 Å². The molecule has 1 fully saturated rings. The van der Waals surface area contributed by atoms with E-state index < -0.39 is 7.12 Å². The van der Waals surface area contributed by atoms with Gasteiger partial charge in [-0.15, -0.1) is 6.58 Å². The molecule has 1 saturated heterocycles. The molecule has 0 bridgehead atoms. The second-order valence-corrected chi connectivity index (χ2v) is 2.45. The lowest BCUT2D eigenvalue weighted by molar-refractivity contribution is 0.139. The molecule has 1 aliphatic rings. The number of ether oxygens (including phenoxy) is 1. The summed E-state index contributed by atoms with van der Waals surface area (Å²) in [5, 5.41) is 17.3. The molecule has 0 aromatic carbocycles. The monoisotopic (exact) mass is 142 g/mol. The van der Waals surface area contributed by atoms with Crippen molar-refractivity contribution in [3.8, 4) is 0 Å². The van der Waals surface area contributed by atoms with Gasteiger partial charge in [0.1, 0.15) is 0 Å². The van der Waals surface area contributed by atoms with Crippen LogP contribution in [-0.2, 0) is 4.74 Å². The van der Waals surface area contributed by atoms with Gasteiger partial charge in [0.15, 0.2) is 0 Å². The molecule has 4 heteroatoms. The molecule has 1 aliphatic heterocycles. The molecule has 0 amide bonds. The fraction of sp³-hybridized carbons (Fsp3) is 0.667. The summed E-state index contributed by atoms with van der Waals surface area (Å²) in [7, 11) is -1.43. The molecule has 0 aromatic heterocycles. The van der Waals surface area contributed by atoms with Crippen molar-refractivity contribution in [2.75, 3.05) is 6.61 Å². The van der Waals surface area contributed by atoms with Crippen LogP contribution in [0, 0.1) is 0 Å². The zero-order valence-corrected chi connectivity index (χ0v) is 5.79. The minimum Gasteiger partial charge on any atom is -0.423 e. The van der Waals surface area contributed by atoms with Crippen LogP contribution in [0.1, 0.15) is 12.8 Å². The standard InChI is InChI=1S/C6H11BO3/c1-5(7(8)9)6-3-2-4-10-6/h6,8-9H,1-4H2. The van der Waals surface area contributed by atoms with Crippen LogP contribution in [0.3, 0.4) is 0 Å². The van der Waals surface area contributed by atoms with Gasteiger partial charge >= 0.3 is 7.12 Å². The average Bonchev–Trinajstić information content (AvgIpc) is 2.36. The average molecular weight is 142 g/mol. The van der Waals surface area contributed by atoms with Crippen molar-refractivity contribution in [1.29, 1.82) is 0 Å². The predicted molar refractivity (Wildman–Crippen MR) is 38.3 cm³/mol. The molecule has 2 N–H and O–H groups in total. The van der Waals surface area contributed by atoms with E-state index in [9.17, 15) is 0 Å². The molecule has 56 valence electrons. The Labute approximate surface area is 60.5 Å². The Morgan fingerprint density at radius 1 is 1.60 bits per heavy atom. The molecule has 3 nitrogen and oxygen atoms in total. The van der Waals surface area contributed by atoms with Crippen LogP contribution in [0.2, 0.25) is 0 Å². The van der Waals surface area contributed by atoms with Crippen LogP contribution < -0.4 is 0 Å². The van der Waals surface area contributed by atoms with Crippen LogP contribution in [0.5, 0.6) is 0 Å². The van der Waals surface area contributed by atoms with Crippen molar-refractivity contribution in [2.45, 2.75) is 18.9 Å². The summed E-state index contributed by atoms with van der Waals surface area (Å²) in [5.74, 6) is 0. The van der Waals surface area contributed by atoms with Crippen molar-refractivity contribution in [2.24, 2.45) is 0 Å². The van der Waals surface area contributed by atoms with Crippen LogP contribution >= 0.6 is 0 Å². The molecular formula is C6H11BO3. The molecule has 0 aliphatic carbocycles. The third-order valence-corrected chi connectivity index (χ3v) is 1.67. The predicted octanol–water partition coefficient (Wildman–Crippen LogP) is -0.266. The van der Waals surface area contributed by atoms with Gasteiger partial charge in [0.25, 0.3) is 0 Å². The van der Waals surface area contributed by atoms with Crippen LogP contribution in [-0.4, -0.2) is 29.9 Å². The molecule has 0 radical (unpaired) electrons. The van der Waals surface area contributed by atoms with E-state index in [-0.39, 0.29) is 6.10 Å². The number of hydrogen-bond acceptors (Lipinski definition) is 3. The molecular weight excluding hydrogens is 131 g/mol. The Bertz CT molecular complexity index is 129. The maximum atomic E-state index is 8.66. The van der Waals surface area contributed by atoms with Crippen molar-refractivity contribution < 1.29 is 14.8 Å². The van der Waals surface area contributed by atoms with Gasteiger partial charge in [-0.2, -0.15) is 0 Å². The third-order valence-electron chi connectivity index (χ3n) is 1.67. The second kappa shape index (κ2) is 3.19. The van der Waals surface area contributed by atoms with E-state index in [1.807, 2.05) is 0 Å². The number of hydrogen-bond donors (Lipinski definition) is 2. The Kier molecular flexibility index (Phi) is 2.48. The highest BCUT2D eigenvalue weighted by Crippen LogP contribution is 2.18. The zero-order valence-electron chi connectivity index (χ0n) is 5.79. The van der Waals surface area contributed by atoms with Crippen molar-refractivity contribution >= 4 is 7.12 Å². The van der Waals surface area contributed by atoms with Crippen LogP contribution in [0.4, 0.5) is 0 Å². The molecule has 1 unspecified atom stereocenters. The van der Waals surface area contributed by atoms with Crippen molar-refractivity contribution in [3.05, 3.63) is 12.1 Å². The maximum absolute atomic E-state index is 8.66. The smallest absolute Gasteiger partial charge is 0.423 e. The van der Waals surface area contributed by atoms with Gasteiger partial charge in [0.2, 0.25) is 0 Å². The highest BCUT2D eigenvalue weighted by Gasteiger charge is 2.25. The van der Waals surface area contributed by atoms with E-state index in [0.717, 1.165) is 12.8 Å². The van der Waals surface area contributed by atoms with Gasteiger partial charge in [-0.3, -0.25) is 0 Å². The van der Waals surface area contributed by atoms with E-state index >= 15 is 0 Å².